The number of hydrogen-bond donors (Lipinski definition) is 0. The highest BCUT2D eigenvalue weighted by Gasteiger charge is 2.29. The Balaban J connectivity index is 1.50. The van der Waals surface area contributed by atoms with Gasteiger partial charge in [0, 0.05) is 45.5 Å². The second-order valence-electron chi connectivity index (χ2n) is 8.07. The first-order valence-corrected chi connectivity index (χ1v) is 10.7. The minimum atomic E-state index is -0.289. The molecule has 0 bridgehead atoms. The molecule has 2 aliphatic rings. The normalized spacial score (nSPS) is 17.9. The number of carbonyl (C=O) groups excluding carboxylic acids is 2. The predicted octanol–water partition coefficient (Wildman–Crippen LogP) is 3.45. The first kappa shape index (κ1) is 21.1. The van der Waals surface area contributed by atoms with E-state index < -0.39 is 0 Å². The van der Waals surface area contributed by atoms with Crippen molar-refractivity contribution < 1.29 is 14.3 Å². The molecule has 0 aliphatic carbocycles. The topological polar surface area (TPSA) is 53.1 Å². The molecule has 0 radical (unpaired) electrons. The standard InChI is InChI=1S/C25H29N3O3/c1-19(29)28-12-11-20-7-3-5-9-22(20)24(28)17-25(30)26(2)18-21-8-4-6-10-23(21)27-13-15-31-16-14-27/h3-12,24H,13-18H2,1-2H3/t24-/m1/s1. The van der Waals surface area contributed by atoms with E-state index in [1.807, 2.05) is 49.5 Å². The van der Waals surface area contributed by atoms with Gasteiger partial charge in [-0.25, -0.2) is 0 Å². The van der Waals surface area contributed by atoms with E-state index in [4.69, 9.17) is 4.74 Å². The minimum absolute atomic E-state index is 0.0122. The van der Waals surface area contributed by atoms with Gasteiger partial charge in [0.1, 0.15) is 0 Å². The zero-order valence-electron chi connectivity index (χ0n) is 18.2. The molecule has 2 heterocycles. The van der Waals surface area contributed by atoms with E-state index in [1.165, 1.54) is 6.92 Å². The summed E-state index contributed by atoms with van der Waals surface area (Å²) in [6, 6.07) is 15.9. The van der Waals surface area contributed by atoms with E-state index in [0.29, 0.717) is 6.54 Å². The average Bonchev–Trinajstić information content (AvgIpc) is 2.80. The lowest BCUT2D eigenvalue weighted by molar-refractivity contribution is -0.134. The van der Waals surface area contributed by atoms with Crippen LogP contribution < -0.4 is 4.90 Å². The quantitative estimate of drug-likeness (QED) is 0.745. The molecular weight excluding hydrogens is 390 g/mol. The fraction of sp³-hybridized carbons (Fsp3) is 0.360. The van der Waals surface area contributed by atoms with Gasteiger partial charge in [0.05, 0.1) is 25.7 Å². The van der Waals surface area contributed by atoms with Crippen molar-refractivity contribution in [3.8, 4) is 0 Å². The van der Waals surface area contributed by atoms with Crippen molar-refractivity contribution in [2.75, 3.05) is 38.3 Å². The van der Waals surface area contributed by atoms with E-state index in [1.54, 1.807) is 16.0 Å². The van der Waals surface area contributed by atoms with Gasteiger partial charge in [-0.2, -0.15) is 0 Å². The van der Waals surface area contributed by atoms with Crippen molar-refractivity contribution in [1.82, 2.24) is 9.80 Å². The molecule has 0 spiro atoms. The first-order valence-electron chi connectivity index (χ1n) is 10.7. The summed E-state index contributed by atoms with van der Waals surface area (Å²) in [6.45, 7) is 5.22. The Morgan fingerprint density at radius 1 is 1.06 bits per heavy atom. The number of anilines is 1. The zero-order chi connectivity index (χ0) is 21.8. The van der Waals surface area contributed by atoms with Crippen molar-refractivity contribution in [2.45, 2.75) is 25.9 Å². The van der Waals surface area contributed by atoms with Gasteiger partial charge in [0.2, 0.25) is 11.8 Å². The summed E-state index contributed by atoms with van der Waals surface area (Å²) in [5, 5.41) is 0. The van der Waals surface area contributed by atoms with Gasteiger partial charge in [0.25, 0.3) is 0 Å². The lowest BCUT2D eigenvalue weighted by Gasteiger charge is -2.34. The Labute approximate surface area is 183 Å². The molecule has 6 nitrogen and oxygen atoms in total. The molecule has 0 unspecified atom stereocenters. The van der Waals surface area contributed by atoms with E-state index in [9.17, 15) is 9.59 Å². The lowest BCUT2D eigenvalue weighted by atomic mass is 9.93. The van der Waals surface area contributed by atoms with E-state index in [2.05, 4.69) is 17.0 Å². The first-order chi connectivity index (χ1) is 15.0. The number of benzene rings is 2. The predicted molar refractivity (Wildman–Crippen MR) is 121 cm³/mol. The molecule has 4 rings (SSSR count). The van der Waals surface area contributed by atoms with Crippen molar-refractivity contribution >= 4 is 23.6 Å². The maximum Gasteiger partial charge on any atom is 0.225 e. The Kier molecular flexibility index (Phi) is 6.37. The Bertz CT molecular complexity index is 981. The maximum atomic E-state index is 13.2. The van der Waals surface area contributed by atoms with Crippen molar-refractivity contribution in [1.29, 1.82) is 0 Å². The van der Waals surface area contributed by atoms with Gasteiger partial charge in [-0.05, 0) is 28.8 Å². The molecule has 31 heavy (non-hydrogen) atoms. The third-order valence-electron chi connectivity index (χ3n) is 6.01. The molecule has 162 valence electrons. The molecule has 1 saturated heterocycles. The largest absolute Gasteiger partial charge is 0.378 e. The molecule has 0 saturated carbocycles. The van der Waals surface area contributed by atoms with Crippen molar-refractivity contribution in [3.63, 3.8) is 0 Å². The van der Waals surface area contributed by atoms with Crippen LogP contribution in [0.25, 0.3) is 6.08 Å². The van der Waals surface area contributed by atoms with Gasteiger partial charge in [-0.3, -0.25) is 9.59 Å². The van der Waals surface area contributed by atoms with Crippen LogP contribution in [0.4, 0.5) is 5.69 Å². The fourth-order valence-electron chi connectivity index (χ4n) is 4.34. The molecule has 2 aromatic carbocycles. The highest BCUT2D eigenvalue weighted by Crippen LogP contribution is 2.33. The second kappa shape index (κ2) is 9.35. The van der Waals surface area contributed by atoms with Gasteiger partial charge in [-0.15, -0.1) is 0 Å². The van der Waals surface area contributed by atoms with Crippen molar-refractivity contribution in [3.05, 3.63) is 71.4 Å². The molecule has 1 atom stereocenters. The van der Waals surface area contributed by atoms with Gasteiger partial charge >= 0.3 is 0 Å². The molecule has 2 aliphatic heterocycles. The zero-order valence-corrected chi connectivity index (χ0v) is 18.2. The van der Waals surface area contributed by atoms with Gasteiger partial charge in [0.15, 0.2) is 0 Å². The van der Waals surface area contributed by atoms with Gasteiger partial charge < -0.3 is 19.4 Å². The van der Waals surface area contributed by atoms with Crippen molar-refractivity contribution in [2.24, 2.45) is 0 Å². The molecular formula is C25H29N3O3. The molecule has 0 N–H and O–H groups in total. The fourth-order valence-corrected chi connectivity index (χ4v) is 4.34. The molecule has 0 aromatic heterocycles. The van der Waals surface area contributed by atoms with E-state index in [0.717, 1.165) is 48.7 Å². The van der Waals surface area contributed by atoms with Crippen LogP contribution in [0.1, 0.15) is 36.1 Å². The summed E-state index contributed by atoms with van der Waals surface area (Å²) in [5.41, 5.74) is 4.34. The molecule has 1 fully saturated rings. The van der Waals surface area contributed by atoms with Crippen LogP contribution in [0.3, 0.4) is 0 Å². The van der Waals surface area contributed by atoms with Crippen LogP contribution in [0, 0.1) is 0 Å². The number of nitrogens with zero attached hydrogens (tertiary/aromatic N) is 3. The third kappa shape index (κ3) is 4.64. The number of ether oxygens (including phenoxy) is 1. The summed E-state index contributed by atoms with van der Waals surface area (Å²) in [4.78, 5) is 31.2. The van der Waals surface area contributed by atoms with E-state index >= 15 is 0 Å². The highest BCUT2D eigenvalue weighted by atomic mass is 16.5. The van der Waals surface area contributed by atoms with Gasteiger partial charge in [-0.1, -0.05) is 42.5 Å². The van der Waals surface area contributed by atoms with Crippen LogP contribution in [0.5, 0.6) is 0 Å². The summed E-state index contributed by atoms with van der Waals surface area (Å²) < 4.78 is 5.48. The number of rotatable bonds is 5. The Morgan fingerprint density at radius 3 is 2.55 bits per heavy atom. The molecule has 2 amide bonds. The van der Waals surface area contributed by atoms with Crippen LogP contribution >= 0.6 is 0 Å². The van der Waals surface area contributed by atoms with E-state index in [-0.39, 0.29) is 24.3 Å². The van der Waals surface area contributed by atoms with Crippen LogP contribution in [0.2, 0.25) is 0 Å². The summed E-state index contributed by atoms with van der Waals surface area (Å²) in [6.07, 6.45) is 3.97. The summed E-state index contributed by atoms with van der Waals surface area (Å²) >= 11 is 0. The summed E-state index contributed by atoms with van der Waals surface area (Å²) in [5.74, 6) is -0.0537. The van der Waals surface area contributed by atoms with Crippen LogP contribution in [-0.4, -0.2) is 55.0 Å². The van der Waals surface area contributed by atoms with Crippen LogP contribution in [0.15, 0.2) is 54.7 Å². The summed E-state index contributed by atoms with van der Waals surface area (Å²) in [7, 11) is 1.83. The molecule has 2 aromatic rings. The highest BCUT2D eigenvalue weighted by molar-refractivity contribution is 5.82. The Morgan fingerprint density at radius 2 is 1.77 bits per heavy atom. The van der Waals surface area contributed by atoms with Crippen LogP contribution in [-0.2, 0) is 20.9 Å². The maximum absolute atomic E-state index is 13.2. The number of carbonyl (C=O) groups is 2. The Hall–Kier alpha value is -3.12. The number of para-hydroxylation sites is 1. The number of amides is 2. The smallest absolute Gasteiger partial charge is 0.225 e. The molecule has 6 heteroatoms. The monoisotopic (exact) mass is 419 g/mol. The lowest BCUT2D eigenvalue weighted by Crippen LogP contribution is -2.38. The third-order valence-corrected chi connectivity index (χ3v) is 6.01. The number of hydrogen-bond acceptors (Lipinski definition) is 4. The second-order valence-corrected chi connectivity index (χ2v) is 8.07. The SMILES string of the molecule is CC(=O)N1C=Cc2ccccc2[C@H]1CC(=O)N(C)Cc1ccccc1N1CCOCC1. The minimum Gasteiger partial charge on any atom is -0.378 e. The number of morpholine rings is 1. The number of fused-ring (bicyclic) bond motifs is 1. The average molecular weight is 420 g/mol.